The van der Waals surface area contributed by atoms with Crippen molar-refractivity contribution in [2.24, 2.45) is 0 Å². The van der Waals surface area contributed by atoms with E-state index in [0.29, 0.717) is 28.1 Å². The Hall–Kier alpha value is -10.2. The highest BCUT2D eigenvalue weighted by Gasteiger charge is 2.35. The Morgan fingerprint density at radius 3 is 1.09 bits per heavy atom. The first-order valence-corrected chi connectivity index (χ1v) is 24.9. The number of hydrogen-bond donors (Lipinski definition) is 0. The molecule has 0 aliphatic rings. The van der Waals surface area contributed by atoms with Gasteiger partial charge in [-0.15, -0.1) is 0 Å². The number of hydrogen-bond acceptors (Lipinski definition) is 2. The molecule has 0 amide bonds. The molecule has 0 radical (unpaired) electrons. The van der Waals surface area contributed by atoms with Crippen LogP contribution in [0.4, 0.5) is 13.2 Å². The molecule has 0 aliphatic carbocycles. The van der Waals surface area contributed by atoms with Gasteiger partial charge in [0.1, 0.15) is 0 Å². The third-order valence-corrected chi connectivity index (χ3v) is 14.6. The monoisotopic (exact) mass is 982 g/mol. The third-order valence-electron chi connectivity index (χ3n) is 14.6. The lowest BCUT2D eigenvalue weighted by Gasteiger charge is -2.21. The molecule has 0 N–H and O–H groups in total. The fraction of sp³-hybridized carbons (Fsp3) is 0.0145. The molecule has 0 aliphatic heterocycles. The van der Waals surface area contributed by atoms with Crippen molar-refractivity contribution in [3.63, 3.8) is 0 Å². The van der Waals surface area contributed by atoms with E-state index in [9.17, 15) is 10.5 Å². The van der Waals surface area contributed by atoms with E-state index < -0.39 is 11.7 Å². The summed E-state index contributed by atoms with van der Waals surface area (Å²) in [6.45, 7) is 0. The first kappa shape index (κ1) is 45.6. The maximum Gasteiger partial charge on any atom is 0.417 e. The normalized spacial score (nSPS) is 11.6. The number of alkyl halides is 3. The summed E-state index contributed by atoms with van der Waals surface area (Å²) in [6, 6.07) is 85.6. The number of rotatable bonds is 8. The van der Waals surface area contributed by atoms with Gasteiger partial charge in [0.25, 0.3) is 0 Å². The lowest BCUT2D eigenvalue weighted by atomic mass is 9.89. The van der Waals surface area contributed by atoms with Gasteiger partial charge in [-0.2, -0.15) is 23.7 Å². The van der Waals surface area contributed by atoms with Crippen molar-refractivity contribution in [3.05, 3.63) is 265 Å². The average molecular weight is 983 g/mol. The van der Waals surface area contributed by atoms with Crippen LogP contribution >= 0.6 is 0 Å². The highest BCUT2D eigenvalue weighted by Crippen LogP contribution is 2.47. The van der Waals surface area contributed by atoms with E-state index in [2.05, 4.69) is 137 Å². The smallest absolute Gasteiger partial charge is 0.309 e. The van der Waals surface area contributed by atoms with E-state index in [1.54, 1.807) is 18.2 Å². The first-order chi connectivity index (χ1) is 37.2. The van der Waals surface area contributed by atoms with E-state index >= 15 is 13.2 Å². The maximum atomic E-state index is 15.5. The fourth-order valence-electron chi connectivity index (χ4n) is 11.1. The van der Waals surface area contributed by atoms with Crippen molar-refractivity contribution in [1.29, 1.82) is 10.5 Å². The van der Waals surface area contributed by atoms with Crippen LogP contribution < -0.4 is 0 Å². The molecule has 76 heavy (non-hydrogen) atoms. The third kappa shape index (κ3) is 7.87. The van der Waals surface area contributed by atoms with Crippen molar-refractivity contribution in [2.45, 2.75) is 6.18 Å². The highest BCUT2D eigenvalue weighted by atomic mass is 19.4. The van der Waals surface area contributed by atoms with Crippen LogP contribution in [0.15, 0.2) is 249 Å². The maximum absolute atomic E-state index is 15.5. The molecule has 7 heteroatoms. The van der Waals surface area contributed by atoms with E-state index in [1.165, 1.54) is 12.1 Å². The molecule has 13 rings (SSSR count). The molecule has 0 spiro atoms. The fourth-order valence-corrected chi connectivity index (χ4v) is 11.1. The van der Waals surface area contributed by atoms with Gasteiger partial charge in [-0.05, 0) is 152 Å². The predicted molar refractivity (Wildman–Crippen MR) is 302 cm³/mol. The number of aromatic nitrogens is 2. The summed E-state index contributed by atoms with van der Waals surface area (Å²) in [5.41, 5.74) is 13.9. The number of nitrogens with zero attached hydrogens (tertiary/aromatic N) is 4. The van der Waals surface area contributed by atoms with E-state index in [4.69, 9.17) is 0 Å². The topological polar surface area (TPSA) is 57.4 Å². The van der Waals surface area contributed by atoms with Gasteiger partial charge in [0.15, 0.2) is 0 Å². The van der Waals surface area contributed by atoms with Crippen molar-refractivity contribution in [3.8, 4) is 90.3 Å². The number of nitriles is 2. The van der Waals surface area contributed by atoms with E-state index in [0.717, 1.165) is 94.2 Å². The molecule has 2 aromatic heterocycles. The Labute approximate surface area is 436 Å². The van der Waals surface area contributed by atoms with Gasteiger partial charge in [-0.3, -0.25) is 0 Å². The molecule has 2 heterocycles. The minimum absolute atomic E-state index is 0.0918. The molecule has 4 nitrogen and oxygen atoms in total. The van der Waals surface area contributed by atoms with Gasteiger partial charge >= 0.3 is 6.18 Å². The van der Waals surface area contributed by atoms with Gasteiger partial charge in [0.05, 0.1) is 56.6 Å². The molecule has 358 valence electrons. The average Bonchev–Trinajstić information content (AvgIpc) is 4.14. The number of benzene rings is 11. The number of halogens is 3. The first-order valence-electron chi connectivity index (χ1n) is 24.9. The van der Waals surface area contributed by atoms with Crippen molar-refractivity contribution in [2.75, 3.05) is 0 Å². The Bertz CT molecular complexity index is 4310. The second kappa shape index (κ2) is 18.4. The zero-order chi connectivity index (χ0) is 51.5. The molecule has 0 atom stereocenters. The molecule has 11 aromatic carbocycles. The minimum atomic E-state index is -4.81. The van der Waals surface area contributed by atoms with Crippen LogP contribution in [0.2, 0.25) is 0 Å². The van der Waals surface area contributed by atoms with Gasteiger partial charge in [-0.25, -0.2) is 0 Å². The van der Waals surface area contributed by atoms with Crippen LogP contribution in [0.3, 0.4) is 0 Å². The quantitative estimate of drug-likeness (QED) is 0.152. The van der Waals surface area contributed by atoms with Crippen molar-refractivity contribution >= 4 is 43.6 Å². The van der Waals surface area contributed by atoms with Gasteiger partial charge < -0.3 is 9.13 Å². The molecule has 0 saturated heterocycles. The summed E-state index contributed by atoms with van der Waals surface area (Å²) in [7, 11) is 0. The lowest BCUT2D eigenvalue weighted by molar-refractivity contribution is -0.137. The number of fused-ring (bicyclic) bond motifs is 6. The summed E-state index contributed by atoms with van der Waals surface area (Å²) in [5, 5.41) is 24.5. The summed E-state index contributed by atoms with van der Waals surface area (Å²) in [6.07, 6.45) is -4.81. The van der Waals surface area contributed by atoms with E-state index in [1.807, 2.05) is 97.1 Å². The molecular weight excluding hydrogens is 942 g/mol. The molecular formula is C69H41F3N4. The van der Waals surface area contributed by atoms with Crippen LogP contribution in [-0.4, -0.2) is 9.13 Å². The van der Waals surface area contributed by atoms with Crippen LogP contribution in [-0.2, 0) is 6.18 Å². The van der Waals surface area contributed by atoms with E-state index in [-0.39, 0.29) is 16.7 Å². The van der Waals surface area contributed by atoms with Crippen molar-refractivity contribution in [1.82, 2.24) is 9.13 Å². The minimum Gasteiger partial charge on any atom is -0.309 e. The Balaban J connectivity index is 1.11. The van der Waals surface area contributed by atoms with Gasteiger partial charge in [-0.1, -0.05) is 158 Å². The summed E-state index contributed by atoms with van der Waals surface area (Å²) in [4.78, 5) is 0. The molecule has 0 saturated carbocycles. The lowest BCUT2D eigenvalue weighted by Crippen LogP contribution is -2.08. The summed E-state index contributed by atoms with van der Waals surface area (Å²) < 4.78 is 50.7. The Kier molecular flexibility index (Phi) is 11.0. The zero-order valence-electron chi connectivity index (χ0n) is 40.6. The second-order valence-corrected chi connectivity index (χ2v) is 19.0. The molecule has 0 bridgehead atoms. The standard InChI is InChI=1S/C69H41F3N4/c70-69(71,72)63-36-45(43-74)21-28-56(63)55-29-27-54(75-64-31-23-50(46-13-5-1-6-14-46)37-59(64)60-38-51(24-32-65(60)75)47-15-7-2-8-16-47)41-57(55)58-35-44(42-73)22-30-66(58)76-67-33-25-52(48-17-9-3-10-18-48)39-61(67)62-40-53(26-34-68(62)76)49-19-11-4-12-20-49/h1-41H. The zero-order valence-corrected chi connectivity index (χ0v) is 40.6. The molecule has 0 unspecified atom stereocenters. The molecule has 0 fully saturated rings. The highest BCUT2D eigenvalue weighted by molar-refractivity contribution is 6.14. The summed E-state index contributed by atoms with van der Waals surface area (Å²) >= 11 is 0. The van der Waals surface area contributed by atoms with Gasteiger partial charge in [0.2, 0.25) is 0 Å². The summed E-state index contributed by atoms with van der Waals surface area (Å²) in [5.74, 6) is 0. The molecule has 13 aromatic rings. The largest absolute Gasteiger partial charge is 0.417 e. The van der Waals surface area contributed by atoms with Crippen LogP contribution in [0.1, 0.15) is 16.7 Å². The van der Waals surface area contributed by atoms with Crippen LogP contribution in [0, 0.1) is 22.7 Å². The Morgan fingerprint density at radius 2 is 0.684 bits per heavy atom. The van der Waals surface area contributed by atoms with Crippen LogP contribution in [0.25, 0.3) is 122 Å². The van der Waals surface area contributed by atoms with Crippen LogP contribution in [0.5, 0.6) is 0 Å². The van der Waals surface area contributed by atoms with Gasteiger partial charge in [0, 0.05) is 32.8 Å². The van der Waals surface area contributed by atoms with Crippen molar-refractivity contribution < 1.29 is 13.2 Å². The Morgan fingerprint density at radius 1 is 0.303 bits per heavy atom. The second-order valence-electron chi connectivity index (χ2n) is 19.0. The predicted octanol–water partition coefficient (Wildman–Crippen LogP) is 18.6. The SMILES string of the molecule is N#Cc1ccc(-n2c3ccc(-c4ccccc4)cc3c3cc(-c4ccccc4)ccc32)c(-c2cc(-n3c4ccc(-c5ccccc5)cc4c4cc(-c5ccccc5)ccc43)ccc2-c2ccc(C#N)cc2C(F)(F)F)c1.